The molecule has 0 amide bonds. The lowest BCUT2D eigenvalue weighted by Crippen LogP contribution is -2.12. The molecule has 0 heterocycles. The van der Waals surface area contributed by atoms with Crippen LogP contribution in [0, 0.1) is 6.92 Å². The van der Waals surface area contributed by atoms with Gasteiger partial charge in [-0.3, -0.25) is 0 Å². The summed E-state index contributed by atoms with van der Waals surface area (Å²) in [5.74, 6) is 0.887. The summed E-state index contributed by atoms with van der Waals surface area (Å²) in [5.41, 5.74) is 3.62. The third kappa shape index (κ3) is 3.99. The monoisotopic (exact) mass is 289 g/mol. The number of hydrogen-bond acceptors (Lipinski definition) is 2. The smallest absolute Gasteiger partial charge is 0.122 e. The number of benzene rings is 2. The van der Waals surface area contributed by atoms with Gasteiger partial charge in [-0.15, -0.1) is 0 Å². The average Bonchev–Trinajstić information content (AvgIpc) is 2.45. The zero-order valence-electron chi connectivity index (χ0n) is 11.9. The van der Waals surface area contributed by atoms with Crippen LogP contribution in [0.1, 0.15) is 16.7 Å². The zero-order valence-corrected chi connectivity index (χ0v) is 12.7. The van der Waals surface area contributed by atoms with Gasteiger partial charge in [-0.1, -0.05) is 35.9 Å². The Hall–Kier alpha value is -1.51. The molecule has 0 aliphatic carbocycles. The summed E-state index contributed by atoms with van der Waals surface area (Å²) >= 11 is 5.95. The Kier molecular flexibility index (Phi) is 5.45. The van der Waals surface area contributed by atoms with Crippen LogP contribution in [0.2, 0.25) is 5.02 Å². The highest BCUT2D eigenvalue weighted by Crippen LogP contribution is 2.23. The second-order valence-corrected chi connectivity index (χ2v) is 5.26. The van der Waals surface area contributed by atoms with E-state index in [1.165, 1.54) is 11.1 Å². The highest BCUT2D eigenvalue weighted by atomic mass is 35.5. The fourth-order valence-electron chi connectivity index (χ4n) is 2.13. The molecule has 0 aromatic heterocycles. The van der Waals surface area contributed by atoms with Crippen molar-refractivity contribution in [3.8, 4) is 5.75 Å². The molecule has 2 nitrogen and oxygen atoms in total. The van der Waals surface area contributed by atoms with E-state index in [1.54, 1.807) is 0 Å². The number of halogens is 1. The normalized spacial score (nSPS) is 10.6. The largest absolute Gasteiger partial charge is 0.489 e. The molecular weight excluding hydrogens is 270 g/mol. The molecule has 20 heavy (non-hydrogen) atoms. The molecule has 0 bridgehead atoms. The summed E-state index contributed by atoms with van der Waals surface area (Å²) < 4.78 is 5.92. The molecule has 2 aromatic carbocycles. The van der Waals surface area contributed by atoms with Crippen molar-refractivity contribution in [2.75, 3.05) is 13.6 Å². The third-order valence-corrected chi connectivity index (χ3v) is 3.52. The average molecular weight is 290 g/mol. The van der Waals surface area contributed by atoms with Gasteiger partial charge in [0.15, 0.2) is 0 Å². The Morgan fingerprint density at radius 1 is 1.10 bits per heavy atom. The van der Waals surface area contributed by atoms with Gasteiger partial charge in [-0.2, -0.15) is 0 Å². The van der Waals surface area contributed by atoms with Crippen molar-refractivity contribution in [1.82, 2.24) is 5.32 Å². The Morgan fingerprint density at radius 2 is 1.85 bits per heavy atom. The van der Waals surface area contributed by atoms with Crippen molar-refractivity contribution < 1.29 is 4.74 Å². The van der Waals surface area contributed by atoms with Crippen LogP contribution in [0.15, 0.2) is 42.5 Å². The van der Waals surface area contributed by atoms with E-state index in [2.05, 4.69) is 29.6 Å². The molecule has 3 heteroatoms. The van der Waals surface area contributed by atoms with Gasteiger partial charge in [-0.05, 0) is 61.8 Å². The number of hydrogen-bond donors (Lipinski definition) is 1. The van der Waals surface area contributed by atoms with Gasteiger partial charge in [0.2, 0.25) is 0 Å². The molecule has 0 radical (unpaired) electrons. The summed E-state index contributed by atoms with van der Waals surface area (Å²) in [5, 5.41) is 3.92. The van der Waals surface area contributed by atoms with Gasteiger partial charge < -0.3 is 10.1 Å². The van der Waals surface area contributed by atoms with Gasteiger partial charge in [0.1, 0.15) is 12.4 Å². The van der Waals surface area contributed by atoms with Crippen molar-refractivity contribution >= 4 is 11.6 Å². The van der Waals surface area contributed by atoms with Crippen LogP contribution in [0.3, 0.4) is 0 Å². The minimum atomic E-state index is 0.586. The molecule has 0 saturated carbocycles. The second kappa shape index (κ2) is 7.32. The number of likely N-dealkylation sites (N-methyl/N-ethyl adjacent to an activating group) is 1. The molecule has 0 atom stereocenters. The number of rotatable bonds is 6. The van der Waals surface area contributed by atoms with Crippen LogP contribution in [-0.4, -0.2) is 13.6 Å². The Morgan fingerprint density at radius 3 is 2.55 bits per heavy atom. The minimum absolute atomic E-state index is 0.586. The number of nitrogens with one attached hydrogen (secondary N) is 1. The minimum Gasteiger partial charge on any atom is -0.489 e. The Labute approximate surface area is 125 Å². The maximum absolute atomic E-state index is 5.95. The lowest BCUT2D eigenvalue weighted by molar-refractivity contribution is 0.303. The van der Waals surface area contributed by atoms with Crippen molar-refractivity contribution in [2.45, 2.75) is 20.0 Å². The van der Waals surface area contributed by atoms with Gasteiger partial charge in [0, 0.05) is 5.02 Å². The van der Waals surface area contributed by atoms with Crippen LogP contribution in [0.25, 0.3) is 0 Å². The molecule has 0 spiro atoms. The van der Waals surface area contributed by atoms with Crippen LogP contribution in [-0.2, 0) is 13.0 Å². The van der Waals surface area contributed by atoms with Crippen LogP contribution in [0.5, 0.6) is 5.75 Å². The SMILES string of the molecule is CNCCc1ccccc1COc1ccc(Cl)cc1C. The first-order valence-electron chi connectivity index (χ1n) is 6.81. The number of aryl methyl sites for hydroxylation is 1. The van der Waals surface area contributed by atoms with E-state index in [0.717, 1.165) is 29.3 Å². The lowest BCUT2D eigenvalue weighted by atomic mass is 10.1. The predicted molar refractivity (Wildman–Crippen MR) is 84.6 cm³/mol. The quantitative estimate of drug-likeness (QED) is 0.868. The molecule has 0 aliphatic rings. The zero-order chi connectivity index (χ0) is 14.4. The topological polar surface area (TPSA) is 21.3 Å². The summed E-state index contributed by atoms with van der Waals surface area (Å²) in [6.45, 7) is 3.56. The van der Waals surface area contributed by atoms with E-state index in [4.69, 9.17) is 16.3 Å². The molecule has 0 fully saturated rings. The maximum atomic E-state index is 5.95. The predicted octanol–water partition coefficient (Wildman–Crippen LogP) is 3.99. The van der Waals surface area contributed by atoms with E-state index in [-0.39, 0.29) is 0 Å². The first kappa shape index (κ1) is 14.9. The van der Waals surface area contributed by atoms with Crippen LogP contribution < -0.4 is 10.1 Å². The number of ether oxygens (including phenoxy) is 1. The molecule has 1 N–H and O–H groups in total. The van der Waals surface area contributed by atoms with Gasteiger partial charge in [0.05, 0.1) is 0 Å². The standard InChI is InChI=1S/C17H20ClNO/c1-13-11-16(18)7-8-17(13)20-12-15-6-4-3-5-14(15)9-10-19-2/h3-8,11,19H,9-10,12H2,1-2H3. The first-order chi connectivity index (χ1) is 9.70. The molecule has 106 valence electrons. The molecule has 0 unspecified atom stereocenters. The van der Waals surface area contributed by atoms with Crippen molar-refractivity contribution in [2.24, 2.45) is 0 Å². The summed E-state index contributed by atoms with van der Waals surface area (Å²) in [6, 6.07) is 14.1. The lowest BCUT2D eigenvalue weighted by Gasteiger charge is -2.12. The van der Waals surface area contributed by atoms with Crippen molar-refractivity contribution in [1.29, 1.82) is 0 Å². The van der Waals surface area contributed by atoms with Crippen LogP contribution >= 0.6 is 11.6 Å². The van der Waals surface area contributed by atoms with E-state index in [9.17, 15) is 0 Å². The Bertz CT molecular complexity index is 569. The molecule has 2 aromatic rings. The molecule has 0 aliphatic heterocycles. The van der Waals surface area contributed by atoms with Crippen molar-refractivity contribution in [3.05, 3.63) is 64.2 Å². The fraction of sp³-hybridized carbons (Fsp3) is 0.294. The van der Waals surface area contributed by atoms with Gasteiger partial charge in [0.25, 0.3) is 0 Å². The summed E-state index contributed by atoms with van der Waals surface area (Å²) in [6.07, 6.45) is 1.01. The second-order valence-electron chi connectivity index (χ2n) is 4.82. The highest BCUT2D eigenvalue weighted by Gasteiger charge is 2.04. The van der Waals surface area contributed by atoms with Crippen molar-refractivity contribution in [3.63, 3.8) is 0 Å². The molecular formula is C17H20ClNO. The van der Waals surface area contributed by atoms with E-state index in [1.807, 2.05) is 32.2 Å². The highest BCUT2D eigenvalue weighted by molar-refractivity contribution is 6.30. The van der Waals surface area contributed by atoms with Gasteiger partial charge >= 0.3 is 0 Å². The van der Waals surface area contributed by atoms with Crippen LogP contribution in [0.4, 0.5) is 0 Å². The van der Waals surface area contributed by atoms with E-state index in [0.29, 0.717) is 6.61 Å². The Balaban J connectivity index is 2.06. The third-order valence-electron chi connectivity index (χ3n) is 3.28. The summed E-state index contributed by atoms with van der Waals surface area (Å²) in [7, 11) is 1.97. The van der Waals surface area contributed by atoms with E-state index >= 15 is 0 Å². The first-order valence-corrected chi connectivity index (χ1v) is 7.19. The molecule has 0 saturated heterocycles. The maximum Gasteiger partial charge on any atom is 0.122 e. The summed E-state index contributed by atoms with van der Waals surface area (Å²) in [4.78, 5) is 0. The van der Waals surface area contributed by atoms with E-state index < -0.39 is 0 Å². The van der Waals surface area contributed by atoms with Gasteiger partial charge in [-0.25, -0.2) is 0 Å². The fourth-order valence-corrected chi connectivity index (χ4v) is 2.36. The molecule has 2 rings (SSSR count).